The van der Waals surface area contributed by atoms with Gasteiger partial charge in [-0.25, -0.2) is 4.79 Å². The van der Waals surface area contributed by atoms with E-state index in [2.05, 4.69) is 20.8 Å². The first-order valence-corrected chi connectivity index (χ1v) is 13.0. The van der Waals surface area contributed by atoms with Crippen molar-refractivity contribution in [2.24, 2.45) is 5.92 Å². The van der Waals surface area contributed by atoms with Crippen molar-refractivity contribution in [3.63, 3.8) is 0 Å². The Labute approximate surface area is 192 Å². The van der Waals surface area contributed by atoms with Crippen LogP contribution >= 0.6 is 0 Å². The van der Waals surface area contributed by atoms with Crippen LogP contribution in [0.1, 0.15) is 127 Å². The highest BCUT2D eigenvalue weighted by molar-refractivity contribution is 5.89. The molecule has 31 heavy (non-hydrogen) atoms. The summed E-state index contributed by atoms with van der Waals surface area (Å²) in [4.78, 5) is 11.9. The molecule has 3 nitrogen and oxygen atoms in total. The normalized spacial score (nSPS) is 13.0. The molecular weight excluding hydrogens is 384 g/mol. The van der Waals surface area contributed by atoms with Gasteiger partial charge in [0.05, 0.1) is 12.7 Å². The second-order valence-corrected chi connectivity index (χ2v) is 9.12. The number of unbranched alkanes of at least 4 members (excludes halogenated alkanes) is 11. The molecular formula is C28H48O3. The lowest BCUT2D eigenvalue weighted by Gasteiger charge is -2.26. The topological polar surface area (TPSA) is 35.5 Å². The molecule has 178 valence electrons. The molecule has 0 aromatic heterocycles. The van der Waals surface area contributed by atoms with E-state index in [9.17, 15) is 4.79 Å². The maximum absolute atomic E-state index is 11.9. The summed E-state index contributed by atoms with van der Waals surface area (Å²) < 4.78 is 11.3. The minimum Gasteiger partial charge on any atom is -0.490 e. The SMILES string of the molecule is CCCCCCCCCC(Oc1cccc(C(=O)OC)c1)C(C)CCCCCCCC. The van der Waals surface area contributed by atoms with Crippen LogP contribution in [-0.2, 0) is 4.74 Å². The van der Waals surface area contributed by atoms with Gasteiger partial charge in [-0.3, -0.25) is 0 Å². The van der Waals surface area contributed by atoms with E-state index < -0.39 is 0 Å². The number of carbonyl (C=O) groups is 1. The van der Waals surface area contributed by atoms with Gasteiger partial charge < -0.3 is 9.47 Å². The smallest absolute Gasteiger partial charge is 0.337 e. The third-order valence-electron chi connectivity index (χ3n) is 6.28. The molecule has 0 bridgehead atoms. The Balaban J connectivity index is 2.57. The Morgan fingerprint density at radius 1 is 0.806 bits per heavy atom. The predicted octanol–water partition coefficient (Wildman–Crippen LogP) is 8.75. The average Bonchev–Trinajstić information content (AvgIpc) is 2.79. The average molecular weight is 433 g/mol. The highest BCUT2D eigenvalue weighted by Crippen LogP contribution is 2.25. The van der Waals surface area contributed by atoms with Gasteiger partial charge in [0.2, 0.25) is 0 Å². The Bertz CT molecular complexity index is 569. The van der Waals surface area contributed by atoms with E-state index in [4.69, 9.17) is 9.47 Å². The van der Waals surface area contributed by atoms with Crippen LogP contribution in [-0.4, -0.2) is 19.2 Å². The van der Waals surface area contributed by atoms with Crippen molar-refractivity contribution in [3.8, 4) is 5.75 Å². The molecule has 0 radical (unpaired) electrons. The lowest BCUT2D eigenvalue weighted by molar-refractivity contribution is 0.0599. The van der Waals surface area contributed by atoms with Gasteiger partial charge in [0.15, 0.2) is 0 Å². The molecule has 0 saturated heterocycles. The Kier molecular flexibility index (Phi) is 16.1. The van der Waals surface area contributed by atoms with Crippen LogP contribution in [0.5, 0.6) is 5.75 Å². The second kappa shape index (κ2) is 18.1. The van der Waals surface area contributed by atoms with Crippen molar-refractivity contribution in [1.82, 2.24) is 0 Å². The molecule has 1 rings (SSSR count). The van der Waals surface area contributed by atoms with Crippen molar-refractivity contribution in [3.05, 3.63) is 29.8 Å². The van der Waals surface area contributed by atoms with Crippen LogP contribution in [0.15, 0.2) is 24.3 Å². The first kappa shape index (κ1) is 27.5. The minimum absolute atomic E-state index is 0.208. The van der Waals surface area contributed by atoms with Gasteiger partial charge in [-0.05, 0) is 43.4 Å². The fraction of sp³-hybridized carbons (Fsp3) is 0.750. The summed E-state index contributed by atoms with van der Waals surface area (Å²) in [5.41, 5.74) is 0.554. The zero-order valence-corrected chi connectivity index (χ0v) is 20.8. The third-order valence-corrected chi connectivity index (χ3v) is 6.28. The highest BCUT2D eigenvalue weighted by atomic mass is 16.5. The van der Waals surface area contributed by atoms with E-state index >= 15 is 0 Å². The largest absolute Gasteiger partial charge is 0.490 e. The predicted molar refractivity (Wildman–Crippen MR) is 132 cm³/mol. The maximum Gasteiger partial charge on any atom is 0.337 e. The highest BCUT2D eigenvalue weighted by Gasteiger charge is 2.19. The van der Waals surface area contributed by atoms with Gasteiger partial charge in [0, 0.05) is 0 Å². The summed E-state index contributed by atoms with van der Waals surface area (Å²) in [5, 5.41) is 0. The fourth-order valence-electron chi connectivity index (χ4n) is 4.18. The zero-order valence-electron chi connectivity index (χ0n) is 20.8. The number of methoxy groups -OCH3 is 1. The molecule has 0 aliphatic heterocycles. The summed E-state index contributed by atoms with van der Waals surface area (Å²) in [6.07, 6.45) is 19.7. The van der Waals surface area contributed by atoms with Crippen LogP contribution in [0.3, 0.4) is 0 Å². The molecule has 0 spiro atoms. The number of hydrogen-bond donors (Lipinski definition) is 0. The number of carbonyl (C=O) groups excluding carboxylic acids is 1. The van der Waals surface area contributed by atoms with Gasteiger partial charge in [0.1, 0.15) is 11.9 Å². The van der Waals surface area contributed by atoms with Crippen LogP contribution in [0.4, 0.5) is 0 Å². The van der Waals surface area contributed by atoms with Crippen molar-refractivity contribution in [2.45, 2.75) is 123 Å². The van der Waals surface area contributed by atoms with E-state index in [1.165, 1.54) is 97.0 Å². The number of rotatable bonds is 19. The Morgan fingerprint density at radius 2 is 1.35 bits per heavy atom. The summed E-state index contributed by atoms with van der Waals surface area (Å²) in [6.45, 7) is 6.87. The van der Waals surface area contributed by atoms with Gasteiger partial charge in [-0.15, -0.1) is 0 Å². The maximum atomic E-state index is 11.9. The minimum atomic E-state index is -0.311. The monoisotopic (exact) mass is 432 g/mol. The van der Waals surface area contributed by atoms with E-state index in [0.717, 1.165) is 12.2 Å². The molecule has 0 saturated carbocycles. The van der Waals surface area contributed by atoms with Crippen molar-refractivity contribution >= 4 is 5.97 Å². The number of esters is 1. The molecule has 0 aliphatic carbocycles. The van der Waals surface area contributed by atoms with E-state index in [-0.39, 0.29) is 12.1 Å². The summed E-state index contributed by atoms with van der Waals surface area (Å²) in [5.74, 6) is 0.993. The molecule has 0 aliphatic rings. The molecule has 0 fully saturated rings. The van der Waals surface area contributed by atoms with E-state index in [0.29, 0.717) is 11.5 Å². The lowest BCUT2D eigenvalue weighted by Crippen LogP contribution is -2.25. The molecule has 1 aromatic carbocycles. The molecule has 2 atom stereocenters. The van der Waals surface area contributed by atoms with Crippen LogP contribution in [0.25, 0.3) is 0 Å². The molecule has 3 heteroatoms. The van der Waals surface area contributed by atoms with E-state index in [1.54, 1.807) is 6.07 Å². The first-order chi connectivity index (χ1) is 15.1. The number of benzene rings is 1. The lowest BCUT2D eigenvalue weighted by atomic mass is 9.92. The van der Waals surface area contributed by atoms with Gasteiger partial charge in [-0.2, -0.15) is 0 Å². The van der Waals surface area contributed by atoms with Gasteiger partial charge >= 0.3 is 5.97 Å². The van der Waals surface area contributed by atoms with Crippen molar-refractivity contribution in [2.75, 3.05) is 7.11 Å². The molecule has 0 N–H and O–H groups in total. The molecule has 2 unspecified atom stereocenters. The molecule has 1 aromatic rings. The van der Waals surface area contributed by atoms with Crippen molar-refractivity contribution < 1.29 is 14.3 Å². The fourth-order valence-corrected chi connectivity index (χ4v) is 4.18. The Hall–Kier alpha value is -1.51. The standard InChI is InChI=1S/C28H48O3/c1-5-7-9-11-13-15-17-22-27(24(3)19-16-14-12-10-8-6-2)31-26-21-18-20-25(23-26)28(29)30-4/h18,20-21,23-24,27H,5-17,19,22H2,1-4H3. The van der Waals surface area contributed by atoms with Crippen molar-refractivity contribution in [1.29, 1.82) is 0 Å². The number of hydrogen-bond acceptors (Lipinski definition) is 3. The zero-order chi connectivity index (χ0) is 22.7. The molecule has 0 amide bonds. The second-order valence-electron chi connectivity index (χ2n) is 9.12. The van der Waals surface area contributed by atoms with Crippen LogP contribution in [0, 0.1) is 5.92 Å². The van der Waals surface area contributed by atoms with E-state index in [1.807, 2.05) is 18.2 Å². The number of ether oxygens (including phenoxy) is 2. The van der Waals surface area contributed by atoms with Crippen LogP contribution in [0.2, 0.25) is 0 Å². The summed E-state index contributed by atoms with van der Waals surface area (Å²) in [7, 11) is 1.42. The van der Waals surface area contributed by atoms with Crippen LogP contribution < -0.4 is 4.74 Å². The quantitative estimate of drug-likeness (QED) is 0.162. The van der Waals surface area contributed by atoms with Gasteiger partial charge in [0.25, 0.3) is 0 Å². The third kappa shape index (κ3) is 12.8. The summed E-state index contributed by atoms with van der Waals surface area (Å²) in [6, 6.07) is 7.44. The summed E-state index contributed by atoms with van der Waals surface area (Å²) >= 11 is 0. The van der Waals surface area contributed by atoms with Gasteiger partial charge in [-0.1, -0.05) is 104 Å². The first-order valence-electron chi connectivity index (χ1n) is 13.0. The molecule has 0 heterocycles. The Morgan fingerprint density at radius 3 is 1.94 bits per heavy atom.